The van der Waals surface area contributed by atoms with E-state index < -0.39 is 5.97 Å². The van der Waals surface area contributed by atoms with Crippen LogP contribution < -0.4 is 10.1 Å². The van der Waals surface area contributed by atoms with Crippen LogP contribution in [0.4, 0.5) is 0 Å². The summed E-state index contributed by atoms with van der Waals surface area (Å²) in [6, 6.07) is 6.65. The molecule has 1 saturated carbocycles. The number of hydrogen-bond donors (Lipinski definition) is 3. The van der Waals surface area contributed by atoms with Crippen molar-refractivity contribution in [1.82, 2.24) is 5.32 Å². The first-order chi connectivity index (χ1) is 10.2. The first-order valence-corrected chi connectivity index (χ1v) is 7.49. The Labute approximate surface area is 124 Å². The maximum absolute atomic E-state index is 11.0. The number of nitrogens with one attached hydrogen (secondary N) is 1. The van der Waals surface area contributed by atoms with Crippen molar-refractivity contribution < 1.29 is 19.7 Å². The number of aromatic carboxylic acids is 1. The van der Waals surface area contributed by atoms with Gasteiger partial charge in [0.05, 0.1) is 0 Å². The van der Waals surface area contributed by atoms with Crippen molar-refractivity contribution in [1.29, 1.82) is 0 Å². The van der Waals surface area contributed by atoms with Crippen LogP contribution in [0.1, 0.15) is 29.6 Å². The molecule has 116 valence electrons. The van der Waals surface area contributed by atoms with Crippen LogP contribution in [0.15, 0.2) is 24.3 Å². The van der Waals surface area contributed by atoms with E-state index in [4.69, 9.17) is 9.84 Å². The molecular weight excluding hydrogens is 270 g/mol. The number of hydrogen-bond acceptors (Lipinski definition) is 4. The van der Waals surface area contributed by atoms with E-state index in [0.29, 0.717) is 30.7 Å². The quantitative estimate of drug-likeness (QED) is 0.637. The maximum Gasteiger partial charge on any atom is 0.339 e. The van der Waals surface area contributed by atoms with Crippen LogP contribution in [0.2, 0.25) is 0 Å². The molecule has 5 nitrogen and oxygen atoms in total. The number of aliphatic hydroxyl groups is 1. The Morgan fingerprint density at radius 1 is 1.29 bits per heavy atom. The fourth-order valence-corrected chi connectivity index (χ4v) is 2.91. The van der Waals surface area contributed by atoms with Gasteiger partial charge in [0.15, 0.2) is 0 Å². The predicted molar refractivity (Wildman–Crippen MR) is 79.7 cm³/mol. The monoisotopic (exact) mass is 293 g/mol. The number of benzene rings is 1. The highest BCUT2D eigenvalue weighted by Crippen LogP contribution is 2.30. The molecule has 0 aliphatic heterocycles. The Hall–Kier alpha value is -1.59. The Kier molecular flexibility index (Phi) is 6.02. The molecule has 1 aromatic carbocycles. The van der Waals surface area contributed by atoms with Crippen LogP contribution in [-0.4, -0.2) is 42.5 Å². The highest BCUT2D eigenvalue weighted by Gasteiger charge is 2.25. The van der Waals surface area contributed by atoms with E-state index in [1.54, 1.807) is 18.2 Å². The molecule has 0 spiro atoms. The molecule has 0 bridgehead atoms. The van der Waals surface area contributed by atoms with Crippen molar-refractivity contribution in [3.8, 4) is 5.75 Å². The van der Waals surface area contributed by atoms with Crippen molar-refractivity contribution >= 4 is 5.97 Å². The van der Waals surface area contributed by atoms with Crippen LogP contribution in [0, 0.1) is 11.8 Å². The Balaban J connectivity index is 1.69. The molecule has 1 aliphatic rings. The lowest BCUT2D eigenvalue weighted by molar-refractivity contribution is 0.0692. The minimum atomic E-state index is -0.977. The summed E-state index contributed by atoms with van der Waals surface area (Å²) in [4.78, 5) is 11.0. The summed E-state index contributed by atoms with van der Waals surface area (Å²) < 4.78 is 5.52. The van der Waals surface area contributed by atoms with Crippen molar-refractivity contribution in [2.45, 2.75) is 19.3 Å². The minimum absolute atomic E-state index is 0.189. The maximum atomic E-state index is 11.0. The van der Waals surface area contributed by atoms with Crippen molar-refractivity contribution in [2.75, 3.05) is 26.3 Å². The molecule has 0 heterocycles. The number of carbonyl (C=O) groups is 1. The fourth-order valence-electron chi connectivity index (χ4n) is 2.91. The Bertz CT molecular complexity index is 463. The lowest BCUT2D eigenvalue weighted by atomic mass is 9.97. The van der Waals surface area contributed by atoms with E-state index >= 15 is 0 Å². The second kappa shape index (κ2) is 8.00. The average Bonchev–Trinajstić information content (AvgIpc) is 2.94. The third-order valence-electron chi connectivity index (χ3n) is 4.11. The van der Waals surface area contributed by atoms with Gasteiger partial charge in [-0.25, -0.2) is 4.79 Å². The van der Waals surface area contributed by atoms with E-state index in [1.165, 1.54) is 18.9 Å². The van der Waals surface area contributed by atoms with Crippen LogP contribution in [0.25, 0.3) is 0 Å². The van der Waals surface area contributed by atoms with Crippen molar-refractivity contribution in [2.24, 2.45) is 11.8 Å². The second-order valence-corrected chi connectivity index (χ2v) is 5.49. The van der Waals surface area contributed by atoms with Gasteiger partial charge in [0.1, 0.15) is 17.9 Å². The Morgan fingerprint density at radius 2 is 2.05 bits per heavy atom. The number of rotatable bonds is 8. The molecule has 2 rings (SSSR count). The predicted octanol–water partition coefficient (Wildman–Crippen LogP) is 1.76. The third-order valence-corrected chi connectivity index (χ3v) is 4.11. The molecule has 0 aromatic heterocycles. The summed E-state index contributed by atoms with van der Waals surface area (Å²) in [5, 5.41) is 21.6. The highest BCUT2D eigenvalue weighted by molar-refractivity contribution is 5.90. The van der Waals surface area contributed by atoms with Gasteiger partial charge in [-0.1, -0.05) is 18.6 Å². The molecule has 2 atom stereocenters. The number of aliphatic hydroxyl groups excluding tert-OH is 1. The number of carboxylic acids is 1. The summed E-state index contributed by atoms with van der Waals surface area (Å²) >= 11 is 0. The van der Waals surface area contributed by atoms with Crippen LogP contribution in [-0.2, 0) is 0 Å². The molecule has 3 N–H and O–H groups in total. The zero-order valence-corrected chi connectivity index (χ0v) is 12.1. The largest absolute Gasteiger partial charge is 0.491 e. The molecular formula is C16H23NO4. The smallest absolute Gasteiger partial charge is 0.339 e. The molecule has 0 amide bonds. The SMILES string of the molecule is O=C(O)c1ccccc1OCCNCC1CCCC1CO. The summed E-state index contributed by atoms with van der Waals surface area (Å²) in [5.74, 6) is 0.392. The molecule has 2 unspecified atom stereocenters. The topological polar surface area (TPSA) is 78.8 Å². The van der Waals surface area contributed by atoms with E-state index in [2.05, 4.69) is 5.32 Å². The summed E-state index contributed by atoms with van der Waals surface area (Å²) in [7, 11) is 0. The molecule has 0 radical (unpaired) electrons. The summed E-state index contributed by atoms with van der Waals surface area (Å²) in [6.45, 7) is 2.26. The van der Waals surface area contributed by atoms with Gasteiger partial charge in [0.25, 0.3) is 0 Å². The minimum Gasteiger partial charge on any atom is -0.491 e. The standard InChI is InChI=1S/C16H23NO4/c18-11-13-5-3-4-12(13)10-17-8-9-21-15-7-2-1-6-14(15)16(19)20/h1-2,6-7,12-13,17-18H,3-5,8-11H2,(H,19,20). The third kappa shape index (κ3) is 4.44. The summed E-state index contributed by atoms with van der Waals surface area (Å²) in [5.41, 5.74) is 0.189. The zero-order chi connectivity index (χ0) is 15.1. The molecule has 21 heavy (non-hydrogen) atoms. The zero-order valence-electron chi connectivity index (χ0n) is 12.1. The first-order valence-electron chi connectivity index (χ1n) is 7.49. The summed E-state index contributed by atoms with van der Waals surface area (Å²) in [6.07, 6.45) is 3.48. The van der Waals surface area contributed by atoms with Gasteiger partial charge < -0.3 is 20.3 Å². The van der Waals surface area contributed by atoms with Crippen molar-refractivity contribution in [3.63, 3.8) is 0 Å². The van der Waals surface area contributed by atoms with Crippen LogP contribution >= 0.6 is 0 Å². The normalized spacial score (nSPS) is 21.4. The lowest BCUT2D eigenvalue weighted by Crippen LogP contribution is -2.30. The van der Waals surface area contributed by atoms with Gasteiger partial charge in [0, 0.05) is 13.2 Å². The lowest BCUT2D eigenvalue weighted by Gasteiger charge is -2.18. The number of para-hydroxylation sites is 1. The average molecular weight is 293 g/mol. The molecule has 0 saturated heterocycles. The second-order valence-electron chi connectivity index (χ2n) is 5.49. The van der Waals surface area contributed by atoms with Gasteiger partial charge >= 0.3 is 5.97 Å². The molecule has 5 heteroatoms. The van der Waals surface area contributed by atoms with Gasteiger partial charge in [-0.3, -0.25) is 0 Å². The van der Waals surface area contributed by atoms with Gasteiger partial charge in [-0.05, 0) is 43.4 Å². The fraction of sp³-hybridized carbons (Fsp3) is 0.562. The molecule has 1 fully saturated rings. The Morgan fingerprint density at radius 3 is 2.81 bits per heavy atom. The van der Waals surface area contributed by atoms with Gasteiger partial charge in [0.2, 0.25) is 0 Å². The van der Waals surface area contributed by atoms with Crippen LogP contribution in [0.3, 0.4) is 0 Å². The van der Waals surface area contributed by atoms with Crippen LogP contribution in [0.5, 0.6) is 5.75 Å². The van der Waals surface area contributed by atoms with E-state index in [-0.39, 0.29) is 12.2 Å². The van der Waals surface area contributed by atoms with E-state index in [9.17, 15) is 9.90 Å². The van der Waals surface area contributed by atoms with Crippen molar-refractivity contribution in [3.05, 3.63) is 29.8 Å². The van der Waals surface area contributed by atoms with Gasteiger partial charge in [-0.2, -0.15) is 0 Å². The molecule has 1 aliphatic carbocycles. The first kappa shape index (κ1) is 15.8. The van der Waals surface area contributed by atoms with E-state index in [0.717, 1.165) is 13.0 Å². The number of carboxylic acid groups (broad SMARTS) is 1. The van der Waals surface area contributed by atoms with E-state index in [1.807, 2.05) is 0 Å². The van der Waals surface area contributed by atoms with Gasteiger partial charge in [-0.15, -0.1) is 0 Å². The number of ether oxygens (including phenoxy) is 1. The molecule has 1 aromatic rings. The highest BCUT2D eigenvalue weighted by atomic mass is 16.5.